The van der Waals surface area contributed by atoms with Crippen molar-refractivity contribution in [3.8, 4) is 0 Å². The molecular weight excluding hydrogens is 497 g/mol. The highest BCUT2D eigenvalue weighted by Gasteiger charge is 2.17. The lowest BCUT2D eigenvalue weighted by atomic mass is 9.99. The first kappa shape index (κ1) is 24.6. The van der Waals surface area contributed by atoms with Crippen molar-refractivity contribution < 1.29 is 9.26 Å². The quantitative estimate of drug-likeness (QED) is 0.291. The smallest absolute Gasteiger partial charge is 0.192 e. The Morgan fingerprint density at radius 2 is 2.10 bits per heavy atom. The Labute approximate surface area is 195 Å². The number of ether oxygens (including phenoxy) is 1. The monoisotopic (exact) mass is 531 g/mol. The molecule has 1 unspecified atom stereocenters. The highest BCUT2D eigenvalue weighted by molar-refractivity contribution is 14.0. The van der Waals surface area contributed by atoms with Gasteiger partial charge in [-0.3, -0.25) is 0 Å². The molecule has 0 radical (unpaired) electrons. The molecule has 168 valence electrons. The van der Waals surface area contributed by atoms with Gasteiger partial charge in [0.2, 0.25) is 0 Å². The van der Waals surface area contributed by atoms with Crippen molar-refractivity contribution in [1.29, 1.82) is 0 Å². The zero-order valence-electron chi connectivity index (χ0n) is 18.3. The number of aryl methyl sites for hydroxylation is 1. The lowest BCUT2D eigenvalue weighted by Crippen LogP contribution is -2.40. The molecule has 1 saturated heterocycles. The number of guanidine groups is 1. The largest absolute Gasteiger partial charge is 0.376 e. The summed E-state index contributed by atoms with van der Waals surface area (Å²) in [7, 11) is 1.95. The van der Waals surface area contributed by atoms with Crippen LogP contribution in [-0.4, -0.2) is 45.1 Å². The topological polar surface area (TPSA) is 102 Å². The summed E-state index contributed by atoms with van der Waals surface area (Å²) in [4.78, 5) is 4.67. The molecule has 1 aliphatic rings. The van der Waals surface area contributed by atoms with E-state index in [4.69, 9.17) is 9.26 Å². The van der Waals surface area contributed by atoms with Gasteiger partial charge in [0.15, 0.2) is 17.5 Å². The molecule has 10 heteroatoms. The minimum Gasteiger partial charge on any atom is -0.376 e. The summed E-state index contributed by atoms with van der Waals surface area (Å²) in [5, 5.41) is 19.2. The van der Waals surface area contributed by atoms with E-state index in [-0.39, 0.29) is 30.1 Å². The van der Waals surface area contributed by atoms with Crippen LogP contribution in [0.4, 0.5) is 0 Å². The third-order valence-electron chi connectivity index (χ3n) is 5.49. The molecule has 0 bridgehead atoms. The molecule has 0 amide bonds. The van der Waals surface area contributed by atoms with E-state index in [1.807, 2.05) is 24.6 Å². The molecule has 1 atom stereocenters. The van der Waals surface area contributed by atoms with Crippen molar-refractivity contribution in [1.82, 2.24) is 30.6 Å². The summed E-state index contributed by atoms with van der Waals surface area (Å²) >= 11 is 0. The van der Waals surface area contributed by atoms with Crippen LogP contribution in [0.3, 0.4) is 0 Å². The van der Waals surface area contributed by atoms with Crippen molar-refractivity contribution >= 4 is 29.9 Å². The van der Waals surface area contributed by atoms with Gasteiger partial charge in [-0.1, -0.05) is 19.0 Å². The maximum absolute atomic E-state index is 5.71. The molecule has 0 saturated carbocycles. The van der Waals surface area contributed by atoms with Crippen LogP contribution in [0.5, 0.6) is 0 Å². The van der Waals surface area contributed by atoms with Crippen LogP contribution < -0.4 is 10.6 Å². The molecule has 2 N–H and O–H groups in total. The standard InChI is InChI=1S/C20H33N7O2.HI/c1-5-15(6-2)18-10-17(29-26-18)12-22-20(21-11-16-8-7-9-28-16)23-13-19-25-24-14(3)27(19)4;/h10,15-16H,5-9,11-13H2,1-4H3,(H2,21,22,23);1H. The molecule has 3 rings (SSSR count). The van der Waals surface area contributed by atoms with Gasteiger partial charge in [-0.2, -0.15) is 0 Å². The van der Waals surface area contributed by atoms with Crippen molar-refractivity contribution in [3.05, 3.63) is 29.2 Å². The van der Waals surface area contributed by atoms with E-state index in [9.17, 15) is 0 Å². The van der Waals surface area contributed by atoms with Gasteiger partial charge >= 0.3 is 0 Å². The van der Waals surface area contributed by atoms with Crippen LogP contribution in [0, 0.1) is 6.92 Å². The highest BCUT2D eigenvalue weighted by Crippen LogP contribution is 2.22. The van der Waals surface area contributed by atoms with Crippen molar-refractivity contribution in [2.24, 2.45) is 12.0 Å². The average Bonchev–Trinajstić information content (AvgIpc) is 3.47. The molecule has 0 aromatic carbocycles. The summed E-state index contributed by atoms with van der Waals surface area (Å²) in [6.45, 7) is 8.79. The number of nitrogens with zero attached hydrogens (tertiary/aromatic N) is 5. The summed E-state index contributed by atoms with van der Waals surface area (Å²) in [5.74, 6) is 3.62. The lowest BCUT2D eigenvalue weighted by molar-refractivity contribution is 0.113. The van der Waals surface area contributed by atoms with Gasteiger partial charge < -0.3 is 24.5 Å². The number of halogens is 1. The lowest BCUT2D eigenvalue weighted by Gasteiger charge is -2.15. The van der Waals surface area contributed by atoms with Crippen LogP contribution >= 0.6 is 24.0 Å². The van der Waals surface area contributed by atoms with Crippen LogP contribution in [0.1, 0.15) is 68.6 Å². The Kier molecular flexibility index (Phi) is 10.0. The van der Waals surface area contributed by atoms with E-state index in [0.717, 1.165) is 61.9 Å². The van der Waals surface area contributed by atoms with Crippen LogP contribution in [0.15, 0.2) is 15.6 Å². The van der Waals surface area contributed by atoms with Gasteiger partial charge in [-0.25, -0.2) is 4.99 Å². The number of hydrogen-bond acceptors (Lipinski definition) is 6. The minimum absolute atomic E-state index is 0. The first-order chi connectivity index (χ1) is 14.1. The van der Waals surface area contributed by atoms with E-state index in [1.165, 1.54) is 0 Å². The zero-order valence-corrected chi connectivity index (χ0v) is 20.7. The van der Waals surface area contributed by atoms with E-state index in [1.54, 1.807) is 0 Å². The second-order valence-corrected chi connectivity index (χ2v) is 7.49. The van der Waals surface area contributed by atoms with Gasteiger partial charge in [0.25, 0.3) is 0 Å². The average molecular weight is 531 g/mol. The van der Waals surface area contributed by atoms with E-state index in [0.29, 0.717) is 25.0 Å². The molecule has 0 aliphatic carbocycles. The zero-order chi connectivity index (χ0) is 20.6. The van der Waals surface area contributed by atoms with Crippen molar-refractivity contribution in [2.45, 2.75) is 71.6 Å². The second-order valence-electron chi connectivity index (χ2n) is 7.49. The number of aromatic nitrogens is 4. The Morgan fingerprint density at radius 1 is 1.30 bits per heavy atom. The fourth-order valence-electron chi connectivity index (χ4n) is 3.41. The normalized spacial score (nSPS) is 16.7. The fraction of sp³-hybridized carbons (Fsp3) is 0.700. The van der Waals surface area contributed by atoms with Gasteiger partial charge in [-0.15, -0.1) is 34.2 Å². The first-order valence-electron chi connectivity index (χ1n) is 10.5. The van der Waals surface area contributed by atoms with Crippen LogP contribution in [-0.2, 0) is 24.9 Å². The molecule has 1 aliphatic heterocycles. The van der Waals surface area contributed by atoms with Crippen LogP contribution in [0.2, 0.25) is 0 Å². The Morgan fingerprint density at radius 3 is 2.73 bits per heavy atom. The van der Waals surface area contributed by atoms with E-state index >= 15 is 0 Å². The summed E-state index contributed by atoms with van der Waals surface area (Å²) in [5.41, 5.74) is 1.02. The van der Waals surface area contributed by atoms with E-state index in [2.05, 4.69) is 44.8 Å². The summed E-state index contributed by atoms with van der Waals surface area (Å²) in [6, 6.07) is 2.04. The molecule has 0 spiro atoms. The predicted octanol–water partition coefficient (Wildman–Crippen LogP) is 3.05. The third-order valence-corrected chi connectivity index (χ3v) is 5.49. The highest BCUT2D eigenvalue weighted by atomic mass is 127. The van der Waals surface area contributed by atoms with Crippen molar-refractivity contribution in [3.63, 3.8) is 0 Å². The van der Waals surface area contributed by atoms with Gasteiger partial charge in [-0.05, 0) is 32.6 Å². The maximum Gasteiger partial charge on any atom is 0.192 e. The van der Waals surface area contributed by atoms with Gasteiger partial charge in [0, 0.05) is 32.2 Å². The third kappa shape index (κ3) is 6.66. The molecule has 3 heterocycles. The SMILES string of the molecule is CCC(CC)c1cc(CNC(=NCc2nnc(C)n2C)NCC2CCCO2)on1.I. The molecule has 30 heavy (non-hydrogen) atoms. The number of rotatable bonds is 9. The first-order valence-corrected chi connectivity index (χ1v) is 10.5. The molecule has 2 aromatic rings. The molecule has 1 fully saturated rings. The van der Waals surface area contributed by atoms with Crippen LogP contribution in [0.25, 0.3) is 0 Å². The Bertz CT molecular complexity index is 795. The number of nitrogens with one attached hydrogen (secondary N) is 2. The van der Waals surface area contributed by atoms with Gasteiger partial charge in [0.1, 0.15) is 12.4 Å². The fourth-order valence-corrected chi connectivity index (χ4v) is 3.41. The predicted molar refractivity (Wildman–Crippen MR) is 126 cm³/mol. The second kappa shape index (κ2) is 12.2. The summed E-state index contributed by atoms with van der Waals surface area (Å²) < 4.78 is 13.2. The Balaban J connectivity index is 0.00000320. The minimum atomic E-state index is 0. The van der Waals surface area contributed by atoms with Crippen molar-refractivity contribution in [2.75, 3.05) is 13.2 Å². The summed E-state index contributed by atoms with van der Waals surface area (Å²) in [6.07, 6.45) is 4.53. The molecule has 2 aromatic heterocycles. The number of hydrogen-bond donors (Lipinski definition) is 2. The molecular formula is C20H34IN7O2. The number of aliphatic imine (C=N–C) groups is 1. The molecule has 9 nitrogen and oxygen atoms in total. The Hall–Kier alpha value is -1.69. The van der Waals surface area contributed by atoms with Gasteiger partial charge in [0.05, 0.1) is 18.3 Å². The van der Waals surface area contributed by atoms with E-state index < -0.39 is 0 Å². The maximum atomic E-state index is 5.71.